The van der Waals surface area contributed by atoms with Crippen molar-refractivity contribution in [3.05, 3.63) is 0 Å². The maximum absolute atomic E-state index is 10.9. The third-order valence-corrected chi connectivity index (χ3v) is 2.05. The minimum Gasteiger partial charge on any atom is -0.339 e. The SMILES string of the molecule is CC(=O)N1CCCC1CN. The lowest BCUT2D eigenvalue weighted by molar-refractivity contribution is -0.129. The average molecular weight is 142 g/mol. The number of likely N-dealkylation sites (tertiary alicyclic amines) is 1. The average Bonchev–Trinajstić information content (AvgIpc) is 2.33. The first-order valence-corrected chi connectivity index (χ1v) is 3.73. The van der Waals surface area contributed by atoms with Gasteiger partial charge in [-0.15, -0.1) is 0 Å². The van der Waals surface area contributed by atoms with Crippen molar-refractivity contribution in [1.29, 1.82) is 0 Å². The van der Waals surface area contributed by atoms with Crippen molar-refractivity contribution in [3.8, 4) is 0 Å². The number of carbonyl (C=O) groups is 1. The van der Waals surface area contributed by atoms with Gasteiger partial charge in [0.2, 0.25) is 5.91 Å². The second-order valence-corrected chi connectivity index (χ2v) is 2.74. The number of nitrogens with zero attached hydrogens (tertiary/aromatic N) is 1. The van der Waals surface area contributed by atoms with E-state index in [1.54, 1.807) is 6.92 Å². The van der Waals surface area contributed by atoms with Gasteiger partial charge in [0.25, 0.3) is 0 Å². The van der Waals surface area contributed by atoms with Gasteiger partial charge in [0.1, 0.15) is 0 Å². The molecule has 0 aromatic heterocycles. The lowest BCUT2D eigenvalue weighted by atomic mass is 10.2. The molecule has 1 aliphatic heterocycles. The van der Waals surface area contributed by atoms with Crippen LogP contribution in [0.5, 0.6) is 0 Å². The molecule has 0 aromatic rings. The Bertz CT molecular complexity index is 136. The van der Waals surface area contributed by atoms with Crippen molar-refractivity contribution >= 4 is 5.91 Å². The van der Waals surface area contributed by atoms with Crippen molar-refractivity contribution < 1.29 is 4.79 Å². The summed E-state index contributed by atoms with van der Waals surface area (Å²) in [5.74, 6) is 0.160. The van der Waals surface area contributed by atoms with Gasteiger partial charge < -0.3 is 10.6 Å². The summed E-state index contributed by atoms with van der Waals surface area (Å²) in [5.41, 5.74) is 5.47. The monoisotopic (exact) mass is 142 g/mol. The topological polar surface area (TPSA) is 46.3 Å². The minimum absolute atomic E-state index is 0.160. The number of amides is 1. The molecular formula is C7H14N2O. The lowest BCUT2D eigenvalue weighted by Crippen LogP contribution is -2.38. The van der Waals surface area contributed by atoms with Crippen LogP contribution in [0.2, 0.25) is 0 Å². The van der Waals surface area contributed by atoms with Gasteiger partial charge in [-0.1, -0.05) is 0 Å². The third-order valence-electron chi connectivity index (χ3n) is 2.05. The van der Waals surface area contributed by atoms with Crippen molar-refractivity contribution in [2.24, 2.45) is 5.73 Å². The Labute approximate surface area is 61.2 Å². The van der Waals surface area contributed by atoms with E-state index < -0.39 is 0 Å². The molecule has 10 heavy (non-hydrogen) atoms. The highest BCUT2D eigenvalue weighted by atomic mass is 16.2. The molecule has 3 nitrogen and oxygen atoms in total. The smallest absolute Gasteiger partial charge is 0.219 e. The molecule has 1 heterocycles. The van der Waals surface area contributed by atoms with Gasteiger partial charge in [-0.25, -0.2) is 0 Å². The number of rotatable bonds is 1. The fourth-order valence-electron chi connectivity index (χ4n) is 1.50. The second-order valence-electron chi connectivity index (χ2n) is 2.74. The van der Waals surface area contributed by atoms with E-state index in [1.165, 1.54) is 0 Å². The molecule has 0 aromatic carbocycles. The molecule has 3 heteroatoms. The molecule has 1 atom stereocenters. The molecule has 1 aliphatic rings. The van der Waals surface area contributed by atoms with Crippen LogP contribution in [-0.4, -0.2) is 29.9 Å². The van der Waals surface area contributed by atoms with E-state index in [0.717, 1.165) is 19.4 Å². The maximum Gasteiger partial charge on any atom is 0.219 e. The molecule has 0 saturated carbocycles. The zero-order valence-electron chi connectivity index (χ0n) is 6.34. The fourth-order valence-corrected chi connectivity index (χ4v) is 1.50. The summed E-state index contributed by atoms with van der Waals surface area (Å²) in [6, 6.07) is 0.317. The van der Waals surface area contributed by atoms with Crippen LogP contribution in [0, 0.1) is 0 Å². The van der Waals surface area contributed by atoms with Crippen LogP contribution in [0.25, 0.3) is 0 Å². The molecule has 1 rings (SSSR count). The normalized spacial score (nSPS) is 25.4. The fraction of sp³-hybridized carbons (Fsp3) is 0.857. The first-order valence-electron chi connectivity index (χ1n) is 3.73. The van der Waals surface area contributed by atoms with Crippen LogP contribution in [0.15, 0.2) is 0 Å². The predicted molar refractivity (Wildman–Crippen MR) is 39.5 cm³/mol. The molecule has 0 radical (unpaired) electrons. The molecule has 0 aliphatic carbocycles. The van der Waals surface area contributed by atoms with E-state index >= 15 is 0 Å². The standard InChI is InChI=1S/C7H14N2O/c1-6(10)9-4-2-3-7(9)5-8/h7H,2-5,8H2,1H3. The first-order chi connectivity index (χ1) is 4.75. The summed E-state index contributed by atoms with van der Waals surface area (Å²) in [5, 5.41) is 0. The predicted octanol–water partition coefficient (Wildman–Crippen LogP) is -0.0440. The van der Waals surface area contributed by atoms with Crippen LogP contribution in [0.1, 0.15) is 19.8 Å². The molecule has 1 unspecified atom stereocenters. The zero-order valence-corrected chi connectivity index (χ0v) is 6.34. The molecule has 0 spiro atoms. The molecule has 1 amide bonds. The van der Waals surface area contributed by atoms with E-state index in [9.17, 15) is 4.79 Å². The van der Waals surface area contributed by atoms with Gasteiger partial charge in [0.05, 0.1) is 0 Å². The van der Waals surface area contributed by atoms with Crippen LogP contribution >= 0.6 is 0 Å². The maximum atomic E-state index is 10.9. The number of hydrogen-bond donors (Lipinski definition) is 1. The molecule has 58 valence electrons. The highest BCUT2D eigenvalue weighted by Gasteiger charge is 2.24. The largest absolute Gasteiger partial charge is 0.339 e. The van der Waals surface area contributed by atoms with Crippen LogP contribution < -0.4 is 5.73 Å². The molecule has 1 fully saturated rings. The Morgan fingerprint density at radius 2 is 2.50 bits per heavy atom. The van der Waals surface area contributed by atoms with E-state index in [-0.39, 0.29) is 5.91 Å². The molecule has 2 N–H and O–H groups in total. The molecule has 1 saturated heterocycles. The van der Waals surface area contributed by atoms with Crippen LogP contribution in [0.3, 0.4) is 0 Å². The Balaban J connectivity index is 2.50. The Kier molecular flexibility index (Phi) is 2.27. The van der Waals surface area contributed by atoms with E-state index in [1.807, 2.05) is 4.90 Å². The first kappa shape index (κ1) is 7.54. The second kappa shape index (κ2) is 3.01. The van der Waals surface area contributed by atoms with Gasteiger partial charge in [-0.3, -0.25) is 4.79 Å². The van der Waals surface area contributed by atoms with Gasteiger partial charge in [-0.2, -0.15) is 0 Å². The van der Waals surface area contributed by atoms with Gasteiger partial charge in [0.15, 0.2) is 0 Å². The Morgan fingerprint density at radius 1 is 1.80 bits per heavy atom. The van der Waals surface area contributed by atoms with E-state index in [4.69, 9.17) is 5.73 Å². The minimum atomic E-state index is 0.160. The highest BCUT2D eigenvalue weighted by molar-refractivity contribution is 5.73. The summed E-state index contributed by atoms with van der Waals surface area (Å²) in [6.45, 7) is 3.12. The number of nitrogens with two attached hydrogens (primary N) is 1. The Morgan fingerprint density at radius 3 is 2.90 bits per heavy atom. The zero-order chi connectivity index (χ0) is 7.56. The van der Waals surface area contributed by atoms with Crippen LogP contribution in [0.4, 0.5) is 0 Å². The van der Waals surface area contributed by atoms with Gasteiger partial charge in [0, 0.05) is 26.1 Å². The summed E-state index contributed by atoms with van der Waals surface area (Å²) >= 11 is 0. The highest BCUT2D eigenvalue weighted by Crippen LogP contribution is 2.15. The summed E-state index contributed by atoms with van der Waals surface area (Å²) in [4.78, 5) is 12.7. The Hall–Kier alpha value is -0.570. The van der Waals surface area contributed by atoms with Crippen LogP contribution in [-0.2, 0) is 4.79 Å². The molecular weight excluding hydrogens is 128 g/mol. The lowest BCUT2D eigenvalue weighted by Gasteiger charge is -2.21. The number of carbonyl (C=O) groups excluding carboxylic acids is 1. The van der Waals surface area contributed by atoms with Crippen molar-refractivity contribution in [2.45, 2.75) is 25.8 Å². The van der Waals surface area contributed by atoms with E-state index in [2.05, 4.69) is 0 Å². The van der Waals surface area contributed by atoms with Crippen molar-refractivity contribution in [1.82, 2.24) is 4.90 Å². The number of hydrogen-bond acceptors (Lipinski definition) is 2. The van der Waals surface area contributed by atoms with Gasteiger partial charge in [-0.05, 0) is 12.8 Å². The summed E-state index contributed by atoms with van der Waals surface area (Å²) in [6.07, 6.45) is 2.19. The summed E-state index contributed by atoms with van der Waals surface area (Å²) in [7, 11) is 0. The van der Waals surface area contributed by atoms with E-state index in [0.29, 0.717) is 12.6 Å². The third kappa shape index (κ3) is 1.29. The quantitative estimate of drug-likeness (QED) is 0.558. The van der Waals surface area contributed by atoms with Crippen molar-refractivity contribution in [3.63, 3.8) is 0 Å². The van der Waals surface area contributed by atoms with Crippen molar-refractivity contribution in [2.75, 3.05) is 13.1 Å². The van der Waals surface area contributed by atoms with Gasteiger partial charge >= 0.3 is 0 Å². The summed E-state index contributed by atoms with van der Waals surface area (Å²) < 4.78 is 0. The molecule has 0 bridgehead atoms.